The summed E-state index contributed by atoms with van der Waals surface area (Å²) in [6, 6.07) is 8.63. The van der Waals surface area contributed by atoms with Crippen LogP contribution in [0.5, 0.6) is 11.5 Å². The fourth-order valence-electron chi connectivity index (χ4n) is 3.13. The number of hydrogen-bond acceptors (Lipinski definition) is 6. The lowest BCUT2D eigenvalue weighted by Crippen LogP contribution is -2.11. The van der Waals surface area contributed by atoms with E-state index >= 15 is 0 Å². The quantitative estimate of drug-likeness (QED) is 0.504. The molecule has 0 bridgehead atoms. The summed E-state index contributed by atoms with van der Waals surface area (Å²) in [5, 5.41) is 3.74. The molecule has 0 saturated heterocycles. The van der Waals surface area contributed by atoms with E-state index < -0.39 is 5.91 Å². The first-order valence-electron chi connectivity index (χ1n) is 8.71. The number of benzene rings is 2. The van der Waals surface area contributed by atoms with Crippen LogP contribution in [0, 0.1) is 0 Å². The first-order chi connectivity index (χ1) is 14.0. The van der Waals surface area contributed by atoms with E-state index in [1.807, 2.05) is 16.5 Å². The van der Waals surface area contributed by atoms with Gasteiger partial charge in [-0.25, -0.2) is 9.97 Å². The molecule has 148 valence electrons. The molecule has 4 aromatic rings. The van der Waals surface area contributed by atoms with Gasteiger partial charge in [-0.15, -0.1) is 0 Å². The number of methoxy groups -OCH3 is 2. The zero-order valence-corrected chi connectivity index (χ0v) is 16.5. The number of carbonyl (C=O) groups excluding carboxylic acids is 1. The number of halogens is 1. The number of amides is 1. The molecule has 0 spiro atoms. The monoisotopic (exact) mass is 411 g/mol. The van der Waals surface area contributed by atoms with Crippen LogP contribution < -0.4 is 20.5 Å². The van der Waals surface area contributed by atoms with E-state index in [1.165, 1.54) is 0 Å². The number of primary amides is 1. The maximum Gasteiger partial charge on any atom is 0.248 e. The molecule has 2 heterocycles. The SMILES string of the molecule is COc1cc2nc(NCc3ccc(C(N)=O)cc3Cl)c3cncn3c2cc1OC. The topological polar surface area (TPSA) is 104 Å². The Labute approximate surface area is 171 Å². The van der Waals surface area contributed by atoms with Gasteiger partial charge in [-0.05, 0) is 17.7 Å². The maximum atomic E-state index is 11.3. The summed E-state index contributed by atoms with van der Waals surface area (Å²) < 4.78 is 12.7. The predicted molar refractivity (Wildman–Crippen MR) is 111 cm³/mol. The summed E-state index contributed by atoms with van der Waals surface area (Å²) in [6.45, 7) is 0.407. The Morgan fingerprint density at radius 3 is 2.62 bits per heavy atom. The highest BCUT2D eigenvalue weighted by Gasteiger charge is 2.14. The Kier molecular flexibility index (Phi) is 4.85. The smallest absolute Gasteiger partial charge is 0.248 e. The molecule has 8 nitrogen and oxygen atoms in total. The number of nitrogens with one attached hydrogen (secondary N) is 1. The van der Waals surface area contributed by atoms with E-state index in [4.69, 9.17) is 31.8 Å². The Bertz CT molecular complexity index is 1240. The average molecular weight is 412 g/mol. The van der Waals surface area contributed by atoms with Crippen LogP contribution in [0.1, 0.15) is 15.9 Å². The summed E-state index contributed by atoms with van der Waals surface area (Å²) in [4.78, 5) is 20.3. The highest BCUT2D eigenvalue weighted by molar-refractivity contribution is 6.31. The second-order valence-corrected chi connectivity index (χ2v) is 6.74. The molecule has 0 aliphatic heterocycles. The van der Waals surface area contributed by atoms with Crippen molar-refractivity contribution in [1.29, 1.82) is 0 Å². The molecule has 1 amide bonds. The molecule has 9 heteroatoms. The molecule has 2 aromatic carbocycles. The minimum Gasteiger partial charge on any atom is -0.493 e. The Hall–Kier alpha value is -3.52. The number of aromatic nitrogens is 3. The molecule has 0 aliphatic carbocycles. The van der Waals surface area contributed by atoms with Gasteiger partial charge in [0.2, 0.25) is 5.91 Å². The number of nitrogens with zero attached hydrogens (tertiary/aromatic N) is 3. The number of nitrogens with two attached hydrogens (primary N) is 1. The number of hydrogen-bond donors (Lipinski definition) is 2. The number of imidazole rings is 1. The van der Waals surface area contributed by atoms with Crippen molar-refractivity contribution >= 4 is 39.9 Å². The summed E-state index contributed by atoms with van der Waals surface area (Å²) in [7, 11) is 3.17. The molecule has 3 N–H and O–H groups in total. The first-order valence-corrected chi connectivity index (χ1v) is 9.09. The summed E-state index contributed by atoms with van der Waals surface area (Å²) in [5.74, 6) is 1.31. The number of anilines is 1. The van der Waals surface area contributed by atoms with E-state index in [-0.39, 0.29) is 0 Å². The molecule has 0 radical (unpaired) electrons. The van der Waals surface area contributed by atoms with Crippen LogP contribution in [0.25, 0.3) is 16.6 Å². The van der Waals surface area contributed by atoms with Crippen LogP contribution in [-0.2, 0) is 6.54 Å². The zero-order valence-electron chi connectivity index (χ0n) is 15.8. The van der Waals surface area contributed by atoms with Crippen molar-refractivity contribution in [2.24, 2.45) is 5.73 Å². The van der Waals surface area contributed by atoms with Crippen LogP contribution in [0.4, 0.5) is 5.82 Å². The number of fused-ring (bicyclic) bond motifs is 3. The second-order valence-electron chi connectivity index (χ2n) is 6.33. The van der Waals surface area contributed by atoms with E-state index in [9.17, 15) is 4.79 Å². The van der Waals surface area contributed by atoms with Crippen LogP contribution in [-0.4, -0.2) is 34.5 Å². The fourth-order valence-corrected chi connectivity index (χ4v) is 3.38. The lowest BCUT2D eigenvalue weighted by atomic mass is 10.1. The maximum absolute atomic E-state index is 11.3. The van der Waals surface area contributed by atoms with Crippen molar-refractivity contribution in [3.63, 3.8) is 0 Å². The molecular weight excluding hydrogens is 394 g/mol. The van der Waals surface area contributed by atoms with Gasteiger partial charge >= 0.3 is 0 Å². The van der Waals surface area contributed by atoms with Gasteiger partial charge in [0, 0.05) is 29.3 Å². The van der Waals surface area contributed by atoms with Gasteiger partial charge in [0.05, 0.1) is 37.8 Å². The Balaban J connectivity index is 1.73. The molecule has 0 saturated carbocycles. The van der Waals surface area contributed by atoms with Crippen LogP contribution in [0.15, 0.2) is 42.9 Å². The molecule has 0 fully saturated rings. The van der Waals surface area contributed by atoms with Crippen molar-refractivity contribution in [3.8, 4) is 11.5 Å². The van der Waals surface area contributed by atoms with Gasteiger partial charge in [0.15, 0.2) is 17.3 Å². The van der Waals surface area contributed by atoms with Crippen molar-refractivity contribution in [3.05, 3.63) is 59.0 Å². The summed E-state index contributed by atoms with van der Waals surface area (Å²) in [6.07, 6.45) is 3.44. The molecule has 4 rings (SSSR count). The molecule has 0 aliphatic rings. The molecule has 0 unspecified atom stereocenters. The Morgan fingerprint density at radius 1 is 1.17 bits per heavy atom. The van der Waals surface area contributed by atoms with Crippen LogP contribution in [0.2, 0.25) is 5.02 Å². The van der Waals surface area contributed by atoms with E-state index in [0.29, 0.717) is 40.0 Å². The second kappa shape index (κ2) is 7.48. The van der Waals surface area contributed by atoms with Crippen molar-refractivity contribution in [1.82, 2.24) is 14.4 Å². The van der Waals surface area contributed by atoms with Gasteiger partial charge < -0.3 is 20.5 Å². The first kappa shape index (κ1) is 18.8. The normalized spacial score (nSPS) is 11.0. The van der Waals surface area contributed by atoms with E-state index in [2.05, 4.69) is 10.3 Å². The van der Waals surface area contributed by atoms with Gasteiger partial charge in [0.25, 0.3) is 0 Å². The minimum atomic E-state index is -0.520. The molecular formula is C20H18ClN5O3. The molecule has 2 aromatic heterocycles. The lowest BCUT2D eigenvalue weighted by molar-refractivity contribution is 0.100. The van der Waals surface area contributed by atoms with Crippen molar-refractivity contribution in [2.75, 3.05) is 19.5 Å². The standard InChI is InChI=1S/C20H18ClN5O3/c1-28-17-6-14-15(7-18(17)29-2)26-10-23-9-16(26)20(25-14)24-8-12-4-3-11(19(22)27)5-13(12)21/h3-7,9-10H,8H2,1-2H3,(H2,22,27)(H,24,25). The van der Waals surface area contributed by atoms with Gasteiger partial charge in [0.1, 0.15) is 5.52 Å². The third kappa shape index (κ3) is 3.38. The highest BCUT2D eigenvalue weighted by atomic mass is 35.5. The number of carbonyl (C=O) groups is 1. The minimum absolute atomic E-state index is 0.363. The molecule has 0 atom stereocenters. The Morgan fingerprint density at radius 2 is 1.93 bits per heavy atom. The van der Waals surface area contributed by atoms with Crippen molar-refractivity contribution < 1.29 is 14.3 Å². The van der Waals surface area contributed by atoms with Gasteiger partial charge in [-0.3, -0.25) is 9.20 Å². The van der Waals surface area contributed by atoms with Gasteiger partial charge in [-0.2, -0.15) is 0 Å². The largest absolute Gasteiger partial charge is 0.493 e. The summed E-state index contributed by atoms with van der Waals surface area (Å²) in [5.41, 5.74) is 8.82. The van der Waals surface area contributed by atoms with E-state index in [1.54, 1.807) is 44.9 Å². The number of ether oxygens (including phenoxy) is 2. The summed E-state index contributed by atoms with van der Waals surface area (Å²) >= 11 is 6.29. The average Bonchev–Trinajstić information content (AvgIpc) is 3.21. The predicted octanol–water partition coefficient (Wildman–Crippen LogP) is 3.26. The fraction of sp³-hybridized carbons (Fsp3) is 0.150. The molecule has 29 heavy (non-hydrogen) atoms. The lowest BCUT2D eigenvalue weighted by Gasteiger charge is -2.13. The van der Waals surface area contributed by atoms with Crippen LogP contribution in [0.3, 0.4) is 0 Å². The third-order valence-electron chi connectivity index (χ3n) is 4.64. The van der Waals surface area contributed by atoms with Gasteiger partial charge in [-0.1, -0.05) is 17.7 Å². The van der Waals surface area contributed by atoms with Crippen molar-refractivity contribution in [2.45, 2.75) is 6.54 Å². The van der Waals surface area contributed by atoms with E-state index in [0.717, 1.165) is 16.6 Å². The highest BCUT2D eigenvalue weighted by Crippen LogP contribution is 2.33. The number of rotatable bonds is 6. The van der Waals surface area contributed by atoms with Crippen LogP contribution >= 0.6 is 11.6 Å². The third-order valence-corrected chi connectivity index (χ3v) is 4.99. The zero-order chi connectivity index (χ0) is 20.5.